The molecule has 2 heterocycles. The van der Waals surface area contributed by atoms with E-state index in [1.807, 2.05) is 0 Å². The fourth-order valence-electron chi connectivity index (χ4n) is 2.42. The number of nitrogens with zero attached hydrogens (tertiary/aromatic N) is 1. The third-order valence-electron chi connectivity index (χ3n) is 3.55. The number of morpholine rings is 1. The predicted octanol–water partition coefficient (Wildman–Crippen LogP) is 2.94. The van der Waals surface area contributed by atoms with Crippen LogP contribution in [0.5, 0.6) is 0 Å². The minimum atomic E-state index is -0.284. The van der Waals surface area contributed by atoms with Gasteiger partial charge in [0.2, 0.25) is 0 Å². The molecule has 5 heteroatoms. The molecule has 1 aliphatic rings. The SMILES string of the molecule is Cc1ccc(C(=O)N2CCOC(c3ccc(F)cc3)C2)o1. The van der Waals surface area contributed by atoms with Crippen molar-refractivity contribution in [3.8, 4) is 0 Å². The molecule has 3 rings (SSSR count). The standard InChI is InChI=1S/C16H16FNO3/c1-11-2-7-14(21-11)16(19)18-8-9-20-15(10-18)12-3-5-13(17)6-4-12/h2-7,15H,8-10H2,1H3. The molecular weight excluding hydrogens is 273 g/mol. The molecule has 1 fully saturated rings. The Balaban J connectivity index is 1.73. The van der Waals surface area contributed by atoms with Crippen LogP contribution in [0, 0.1) is 12.7 Å². The zero-order valence-corrected chi connectivity index (χ0v) is 11.7. The van der Waals surface area contributed by atoms with Crippen molar-refractivity contribution in [3.05, 3.63) is 59.3 Å². The van der Waals surface area contributed by atoms with Crippen LogP contribution in [-0.2, 0) is 4.74 Å². The molecule has 2 aromatic rings. The summed E-state index contributed by atoms with van der Waals surface area (Å²) >= 11 is 0. The van der Waals surface area contributed by atoms with Crippen molar-refractivity contribution in [3.63, 3.8) is 0 Å². The molecule has 21 heavy (non-hydrogen) atoms. The Kier molecular flexibility index (Phi) is 3.75. The molecule has 1 atom stereocenters. The van der Waals surface area contributed by atoms with E-state index in [2.05, 4.69) is 0 Å². The van der Waals surface area contributed by atoms with Crippen LogP contribution in [0.2, 0.25) is 0 Å². The van der Waals surface area contributed by atoms with E-state index in [1.165, 1.54) is 12.1 Å². The van der Waals surface area contributed by atoms with Crippen LogP contribution < -0.4 is 0 Å². The average Bonchev–Trinajstić information content (AvgIpc) is 2.94. The summed E-state index contributed by atoms with van der Waals surface area (Å²) in [6.45, 7) is 3.21. The summed E-state index contributed by atoms with van der Waals surface area (Å²) in [7, 11) is 0. The lowest BCUT2D eigenvalue weighted by atomic mass is 10.1. The second kappa shape index (κ2) is 5.69. The van der Waals surface area contributed by atoms with Crippen molar-refractivity contribution in [2.75, 3.05) is 19.7 Å². The van der Waals surface area contributed by atoms with E-state index in [0.717, 1.165) is 5.56 Å². The molecule has 0 bridgehead atoms. The van der Waals surface area contributed by atoms with E-state index in [1.54, 1.807) is 36.1 Å². The van der Waals surface area contributed by atoms with Crippen LogP contribution in [0.3, 0.4) is 0 Å². The van der Waals surface area contributed by atoms with E-state index < -0.39 is 0 Å². The molecule has 1 unspecified atom stereocenters. The van der Waals surface area contributed by atoms with E-state index in [0.29, 0.717) is 31.2 Å². The van der Waals surface area contributed by atoms with Gasteiger partial charge >= 0.3 is 0 Å². The Morgan fingerprint density at radius 1 is 1.24 bits per heavy atom. The van der Waals surface area contributed by atoms with Crippen molar-refractivity contribution >= 4 is 5.91 Å². The van der Waals surface area contributed by atoms with Gasteiger partial charge in [0.1, 0.15) is 17.7 Å². The monoisotopic (exact) mass is 289 g/mol. The van der Waals surface area contributed by atoms with Gasteiger partial charge < -0.3 is 14.1 Å². The molecule has 0 aliphatic carbocycles. The van der Waals surface area contributed by atoms with Crippen LogP contribution >= 0.6 is 0 Å². The van der Waals surface area contributed by atoms with Gasteiger partial charge in [0.25, 0.3) is 5.91 Å². The smallest absolute Gasteiger partial charge is 0.289 e. The molecular formula is C16H16FNO3. The minimum absolute atomic E-state index is 0.140. The lowest BCUT2D eigenvalue weighted by Gasteiger charge is -2.32. The Hall–Kier alpha value is -2.14. The summed E-state index contributed by atoms with van der Waals surface area (Å²) in [5.41, 5.74) is 0.865. The fourth-order valence-corrected chi connectivity index (χ4v) is 2.42. The molecule has 0 N–H and O–H groups in total. The van der Waals surface area contributed by atoms with Gasteiger partial charge in [-0.15, -0.1) is 0 Å². The number of amides is 1. The second-order valence-corrected chi connectivity index (χ2v) is 5.07. The summed E-state index contributed by atoms with van der Waals surface area (Å²) < 4.78 is 24.0. The normalized spacial score (nSPS) is 18.8. The molecule has 0 saturated carbocycles. The summed E-state index contributed by atoms with van der Waals surface area (Å²) in [4.78, 5) is 14.1. The van der Waals surface area contributed by atoms with Crippen LogP contribution in [-0.4, -0.2) is 30.5 Å². The predicted molar refractivity (Wildman–Crippen MR) is 74.4 cm³/mol. The highest BCUT2D eigenvalue weighted by Crippen LogP contribution is 2.23. The number of rotatable bonds is 2. The molecule has 1 aromatic heterocycles. The number of hydrogen-bond donors (Lipinski definition) is 0. The van der Waals surface area contributed by atoms with E-state index >= 15 is 0 Å². The van der Waals surface area contributed by atoms with E-state index in [-0.39, 0.29) is 17.8 Å². The second-order valence-electron chi connectivity index (χ2n) is 5.07. The first kappa shape index (κ1) is 13.8. The third-order valence-corrected chi connectivity index (χ3v) is 3.55. The molecule has 1 aliphatic heterocycles. The van der Waals surface area contributed by atoms with Gasteiger partial charge in [-0.05, 0) is 36.8 Å². The van der Waals surface area contributed by atoms with Crippen molar-refractivity contribution in [1.82, 2.24) is 4.90 Å². The van der Waals surface area contributed by atoms with E-state index in [9.17, 15) is 9.18 Å². The number of carbonyl (C=O) groups excluding carboxylic acids is 1. The van der Waals surface area contributed by atoms with Gasteiger partial charge in [-0.1, -0.05) is 12.1 Å². The van der Waals surface area contributed by atoms with Gasteiger partial charge in [0.05, 0.1) is 13.2 Å². The summed E-state index contributed by atoms with van der Waals surface area (Å²) in [5.74, 6) is 0.626. The first-order valence-corrected chi connectivity index (χ1v) is 6.86. The van der Waals surface area contributed by atoms with Crippen molar-refractivity contribution < 1.29 is 18.3 Å². The number of ether oxygens (including phenoxy) is 1. The lowest BCUT2D eigenvalue weighted by molar-refractivity contribution is -0.0238. The molecule has 1 saturated heterocycles. The number of carbonyl (C=O) groups is 1. The number of halogens is 1. The molecule has 4 nitrogen and oxygen atoms in total. The van der Waals surface area contributed by atoms with Crippen molar-refractivity contribution in [1.29, 1.82) is 0 Å². The quantitative estimate of drug-likeness (QED) is 0.853. The molecule has 1 aromatic carbocycles. The molecule has 110 valence electrons. The zero-order chi connectivity index (χ0) is 14.8. The van der Waals surface area contributed by atoms with E-state index in [4.69, 9.17) is 9.15 Å². The topological polar surface area (TPSA) is 42.7 Å². The maximum Gasteiger partial charge on any atom is 0.289 e. The minimum Gasteiger partial charge on any atom is -0.456 e. The average molecular weight is 289 g/mol. The highest BCUT2D eigenvalue weighted by Gasteiger charge is 2.27. The molecule has 0 spiro atoms. The summed E-state index contributed by atoms with van der Waals surface area (Å²) in [5, 5.41) is 0. The maximum absolute atomic E-state index is 13.0. The van der Waals surface area contributed by atoms with Crippen LogP contribution in [0.1, 0.15) is 28.0 Å². The van der Waals surface area contributed by atoms with Crippen LogP contribution in [0.25, 0.3) is 0 Å². The Bertz CT molecular complexity index is 635. The highest BCUT2D eigenvalue weighted by atomic mass is 19.1. The Morgan fingerprint density at radius 2 is 2.00 bits per heavy atom. The maximum atomic E-state index is 13.0. The first-order valence-electron chi connectivity index (χ1n) is 6.86. The summed E-state index contributed by atoms with van der Waals surface area (Å²) in [6.07, 6.45) is -0.237. The highest BCUT2D eigenvalue weighted by molar-refractivity contribution is 5.91. The summed E-state index contributed by atoms with van der Waals surface area (Å²) in [6, 6.07) is 9.62. The third kappa shape index (κ3) is 2.97. The van der Waals surface area contributed by atoms with Gasteiger partial charge in [0, 0.05) is 6.54 Å². The number of furan rings is 1. The van der Waals surface area contributed by atoms with Gasteiger partial charge in [0.15, 0.2) is 5.76 Å². The van der Waals surface area contributed by atoms with Crippen molar-refractivity contribution in [2.24, 2.45) is 0 Å². The number of aryl methyl sites for hydroxylation is 1. The Morgan fingerprint density at radius 3 is 2.67 bits per heavy atom. The van der Waals surface area contributed by atoms with Crippen molar-refractivity contribution in [2.45, 2.75) is 13.0 Å². The van der Waals surface area contributed by atoms with Crippen LogP contribution in [0.15, 0.2) is 40.8 Å². The first-order chi connectivity index (χ1) is 10.1. The number of benzene rings is 1. The van der Waals surface area contributed by atoms with Gasteiger partial charge in [-0.2, -0.15) is 0 Å². The van der Waals surface area contributed by atoms with Gasteiger partial charge in [-0.3, -0.25) is 4.79 Å². The fraction of sp³-hybridized carbons (Fsp3) is 0.312. The molecule has 0 radical (unpaired) electrons. The largest absolute Gasteiger partial charge is 0.456 e. The van der Waals surface area contributed by atoms with Crippen LogP contribution in [0.4, 0.5) is 4.39 Å². The lowest BCUT2D eigenvalue weighted by Crippen LogP contribution is -2.42. The van der Waals surface area contributed by atoms with Gasteiger partial charge in [-0.25, -0.2) is 4.39 Å². The number of hydrogen-bond acceptors (Lipinski definition) is 3. The zero-order valence-electron chi connectivity index (χ0n) is 11.7. The molecule has 1 amide bonds. The Labute approximate surface area is 122 Å².